The van der Waals surface area contributed by atoms with E-state index in [0.29, 0.717) is 66.9 Å². The summed E-state index contributed by atoms with van der Waals surface area (Å²) >= 11 is 0. The molecule has 0 radical (unpaired) electrons. The van der Waals surface area contributed by atoms with Crippen LogP contribution in [-0.4, -0.2) is 59.4 Å². The topological polar surface area (TPSA) is 115 Å². The fourth-order valence-corrected chi connectivity index (χ4v) is 6.63. The van der Waals surface area contributed by atoms with Crippen LogP contribution in [0.15, 0.2) is 54.7 Å². The molecule has 4 heterocycles. The van der Waals surface area contributed by atoms with Crippen LogP contribution in [0.5, 0.6) is 5.88 Å². The molecule has 2 atom stereocenters. The average molecular weight is 653 g/mol. The second kappa shape index (κ2) is 12.9. The number of rotatable bonds is 8. The van der Waals surface area contributed by atoms with Crippen LogP contribution in [0.25, 0.3) is 22.0 Å². The predicted molar refractivity (Wildman–Crippen MR) is 169 cm³/mol. The van der Waals surface area contributed by atoms with Gasteiger partial charge in [0.2, 0.25) is 17.9 Å². The van der Waals surface area contributed by atoms with E-state index in [1.54, 1.807) is 44.2 Å². The average Bonchev–Trinajstić information content (AvgIpc) is 3.46. The van der Waals surface area contributed by atoms with Crippen LogP contribution in [0.3, 0.4) is 0 Å². The first-order valence-corrected chi connectivity index (χ1v) is 15.7. The second-order valence-electron chi connectivity index (χ2n) is 12.2. The minimum atomic E-state index is -4.76. The third-order valence-corrected chi connectivity index (χ3v) is 9.11. The highest BCUT2D eigenvalue weighted by Crippen LogP contribution is 2.42. The molecule has 6 rings (SSSR count). The van der Waals surface area contributed by atoms with Gasteiger partial charge in [-0.1, -0.05) is 31.2 Å². The second-order valence-corrected chi connectivity index (χ2v) is 12.2. The van der Waals surface area contributed by atoms with E-state index < -0.39 is 18.1 Å². The number of ether oxygens (including phenoxy) is 2. The third-order valence-electron chi connectivity index (χ3n) is 9.11. The number of esters is 1. The summed E-state index contributed by atoms with van der Waals surface area (Å²) in [5.41, 5.74) is 8.31. The minimum Gasteiger partial charge on any atom is -0.465 e. The van der Waals surface area contributed by atoms with Gasteiger partial charge in [-0.05, 0) is 72.9 Å². The summed E-state index contributed by atoms with van der Waals surface area (Å²) < 4.78 is 68.4. The van der Waals surface area contributed by atoms with Crippen LogP contribution >= 0.6 is 0 Å². The van der Waals surface area contributed by atoms with E-state index in [9.17, 15) is 22.4 Å². The Hall–Kier alpha value is -4.52. The number of benzene rings is 2. The van der Waals surface area contributed by atoms with Crippen molar-refractivity contribution in [2.45, 2.75) is 57.9 Å². The molecule has 2 aromatic heterocycles. The van der Waals surface area contributed by atoms with Gasteiger partial charge in [-0.2, -0.15) is 23.1 Å². The van der Waals surface area contributed by atoms with Crippen molar-refractivity contribution in [1.29, 1.82) is 0 Å². The van der Waals surface area contributed by atoms with E-state index in [1.165, 1.54) is 18.2 Å². The summed E-state index contributed by atoms with van der Waals surface area (Å²) in [6, 6.07) is 12.4. The van der Waals surface area contributed by atoms with Crippen LogP contribution in [0.1, 0.15) is 50.3 Å². The Kier molecular flexibility index (Phi) is 8.93. The molecule has 2 saturated heterocycles. The minimum absolute atomic E-state index is 0.0409. The number of piperidine rings is 1. The standard InChI is InChI=1S/C34H36F4N6O3/c1-3-20-13-21(22-6-8-26-23(14-22)15-24(35)18-40-26)5-7-25(20)30(34(36,37)38)47-29-16-28(42-32(39)43-29)44-11-9-33(10-12-44)17-27(41-19-33)31(45)46-4-2/h5-8,13-16,18,27,30,41H,3-4,9-12,17,19H2,1-2H3,(H2,39,42,43)/t27-,30+/m0/s1. The Labute approximate surface area is 269 Å². The van der Waals surface area contributed by atoms with E-state index in [-0.39, 0.29) is 34.8 Å². The van der Waals surface area contributed by atoms with Crippen molar-refractivity contribution in [1.82, 2.24) is 20.3 Å². The number of halogens is 4. The van der Waals surface area contributed by atoms with E-state index in [4.69, 9.17) is 15.2 Å². The number of nitrogens with two attached hydrogens (primary N) is 1. The maximum atomic E-state index is 14.6. The first kappa shape index (κ1) is 32.4. The number of aryl methyl sites for hydroxylation is 1. The molecule has 3 N–H and O–H groups in total. The van der Waals surface area contributed by atoms with E-state index in [2.05, 4.69) is 20.3 Å². The molecule has 13 heteroatoms. The number of anilines is 2. The predicted octanol–water partition coefficient (Wildman–Crippen LogP) is 6.17. The van der Waals surface area contributed by atoms with Gasteiger partial charge in [-0.15, -0.1) is 0 Å². The molecule has 4 aromatic rings. The molecular formula is C34H36F4N6O3. The molecule has 2 fully saturated rings. The number of fused-ring (bicyclic) bond motifs is 1. The Morgan fingerprint density at radius 3 is 2.55 bits per heavy atom. The zero-order valence-corrected chi connectivity index (χ0v) is 26.1. The Bertz CT molecular complexity index is 1780. The van der Waals surface area contributed by atoms with Crippen LogP contribution in [0, 0.1) is 11.2 Å². The highest BCUT2D eigenvalue weighted by molar-refractivity contribution is 5.84. The van der Waals surface area contributed by atoms with Crippen molar-refractivity contribution in [3.05, 3.63) is 71.7 Å². The molecule has 0 unspecified atom stereocenters. The Balaban J connectivity index is 1.22. The number of hydrogen-bond donors (Lipinski definition) is 2. The summed E-state index contributed by atoms with van der Waals surface area (Å²) in [4.78, 5) is 26.6. The summed E-state index contributed by atoms with van der Waals surface area (Å²) in [6.07, 6.45) is -3.44. The lowest BCUT2D eigenvalue weighted by atomic mass is 9.76. The molecule has 2 aliphatic rings. The SMILES string of the molecule is CCOC(=O)[C@@H]1CC2(CCN(c3cc(O[C@H](c4ccc(-c5ccc6ncc(F)cc6c5)cc4CC)C(F)(F)F)nc(N)n3)CC2)CN1. The Morgan fingerprint density at radius 2 is 1.83 bits per heavy atom. The lowest BCUT2D eigenvalue weighted by Gasteiger charge is -2.39. The van der Waals surface area contributed by atoms with Gasteiger partial charge < -0.3 is 25.4 Å². The lowest BCUT2D eigenvalue weighted by molar-refractivity contribution is -0.198. The quantitative estimate of drug-likeness (QED) is 0.170. The van der Waals surface area contributed by atoms with Crippen LogP contribution in [0.2, 0.25) is 0 Å². The molecular weight excluding hydrogens is 616 g/mol. The summed E-state index contributed by atoms with van der Waals surface area (Å²) in [6.45, 7) is 5.72. The van der Waals surface area contributed by atoms with Gasteiger partial charge in [0.25, 0.3) is 0 Å². The van der Waals surface area contributed by atoms with Gasteiger partial charge in [-0.3, -0.25) is 9.78 Å². The fraction of sp³-hybridized carbons (Fsp3) is 0.412. The lowest BCUT2D eigenvalue weighted by Crippen LogP contribution is -2.41. The maximum absolute atomic E-state index is 14.6. The molecule has 9 nitrogen and oxygen atoms in total. The zero-order chi connectivity index (χ0) is 33.3. The molecule has 0 bridgehead atoms. The number of carbonyl (C=O) groups excluding carboxylic acids is 1. The van der Waals surface area contributed by atoms with Crippen molar-refractivity contribution in [3.8, 4) is 17.0 Å². The number of nitrogens with one attached hydrogen (secondary N) is 1. The molecule has 2 aromatic carbocycles. The molecule has 0 amide bonds. The highest BCUT2D eigenvalue weighted by atomic mass is 19.4. The maximum Gasteiger partial charge on any atom is 0.429 e. The number of nitrogen functional groups attached to an aromatic ring is 1. The first-order chi connectivity index (χ1) is 22.5. The van der Waals surface area contributed by atoms with Crippen molar-refractivity contribution < 1.29 is 31.8 Å². The first-order valence-electron chi connectivity index (χ1n) is 15.7. The highest BCUT2D eigenvalue weighted by Gasteiger charge is 2.46. The van der Waals surface area contributed by atoms with Crippen molar-refractivity contribution in [3.63, 3.8) is 0 Å². The Morgan fingerprint density at radius 1 is 1.09 bits per heavy atom. The molecule has 2 aliphatic heterocycles. The van der Waals surface area contributed by atoms with Gasteiger partial charge in [0.15, 0.2) is 0 Å². The summed E-state index contributed by atoms with van der Waals surface area (Å²) in [5, 5.41) is 3.86. The fourth-order valence-electron chi connectivity index (χ4n) is 6.63. The van der Waals surface area contributed by atoms with Gasteiger partial charge in [0.1, 0.15) is 17.7 Å². The molecule has 0 saturated carbocycles. The third kappa shape index (κ3) is 6.95. The molecule has 0 aliphatic carbocycles. The molecule has 248 valence electrons. The number of alkyl halides is 3. The van der Waals surface area contributed by atoms with E-state index >= 15 is 0 Å². The van der Waals surface area contributed by atoms with Crippen LogP contribution in [-0.2, 0) is 16.0 Å². The summed E-state index contributed by atoms with van der Waals surface area (Å²) in [7, 11) is 0. The largest absolute Gasteiger partial charge is 0.465 e. The van der Waals surface area contributed by atoms with Gasteiger partial charge in [0.05, 0.1) is 18.3 Å². The number of aromatic nitrogens is 3. The van der Waals surface area contributed by atoms with Crippen LogP contribution < -0.4 is 20.7 Å². The number of hydrogen-bond acceptors (Lipinski definition) is 9. The number of carbonyl (C=O) groups is 1. The zero-order valence-electron chi connectivity index (χ0n) is 26.1. The van der Waals surface area contributed by atoms with E-state index in [1.807, 2.05) is 4.90 Å². The van der Waals surface area contributed by atoms with E-state index in [0.717, 1.165) is 24.6 Å². The van der Waals surface area contributed by atoms with Crippen molar-refractivity contribution >= 4 is 28.6 Å². The monoisotopic (exact) mass is 652 g/mol. The molecule has 1 spiro atoms. The normalized spacial score (nSPS) is 18.4. The summed E-state index contributed by atoms with van der Waals surface area (Å²) in [5.74, 6) is -0.825. The van der Waals surface area contributed by atoms with Crippen molar-refractivity contribution in [2.24, 2.45) is 5.41 Å². The van der Waals surface area contributed by atoms with Gasteiger partial charge in [-0.25, -0.2) is 4.39 Å². The molecule has 47 heavy (non-hydrogen) atoms. The smallest absolute Gasteiger partial charge is 0.429 e. The van der Waals surface area contributed by atoms with Crippen molar-refractivity contribution in [2.75, 3.05) is 36.9 Å². The number of pyridine rings is 1. The van der Waals surface area contributed by atoms with Gasteiger partial charge in [0, 0.05) is 36.7 Å². The number of nitrogens with zero attached hydrogens (tertiary/aromatic N) is 4. The van der Waals surface area contributed by atoms with Crippen LogP contribution in [0.4, 0.5) is 29.3 Å². The van der Waals surface area contributed by atoms with Gasteiger partial charge >= 0.3 is 12.1 Å².